The van der Waals surface area contributed by atoms with Crippen molar-refractivity contribution in [1.29, 1.82) is 0 Å². The van der Waals surface area contributed by atoms with Crippen LogP contribution in [0.5, 0.6) is 0 Å². The third kappa shape index (κ3) is 4.31. The molecule has 0 aliphatic rings. The molecule has 6 heteroatoms. The number of methoxy groups -OCH3 is 1. The van der Waals surface area contributed by atoms with Gasteiger partial charge in [-0.25, -0.2) is 9.97 Å². The summed E-state index contributed by atoms with van der Waals surface area (Å²) in [5.74, 6) is 2.09. The van der Waals surface area contributed by atoms with Crippen LogP contribution in [0.15, 0.2) is 6.07 Å². The van der Waals surface area contributed by atoms with Crippen LogP contribution in [-0.4, -0.2) is 40.9 Å². The first kappa shape index (κ1) is 16.7. The van der Waals surface area contributed by atoms with E-state index >= 15 is 0 Å². The van der Waals surface area contributed by atoms with Gasteiger partial charge in [-0.15, -0.1) is 0 Å². The molecule has 20 heavy (non-hydrogen) atoms. The van der Waals surface area contributed by atoms with E-state index in [9.17, 15) is 5.11 Å². The molecule has 0 saturated carbocycles. The van der Waals surface area contributed by atoms with Crippen LogP contribution in [0.3, 0.4) is 0 Å². The normalized spacial score (nSPS) is 11.4. The Morgan fingerprint density at radius 1 is 1.20 bits per heavy atom. The van der Waals surface area contributed by atoms with E-state index in [1.807, 2.05) is 13.0 Å². The molecule has 114 valence electrons. The fourth-order valence-corrected chi connectivity index (χ4v) is 1.99. The van der Waals surface area contributed by atoms with E-state index in [2.05, 4.69) is 34.4 Å². The van der Waals surface area contributed by atoms with Crippen molar-refractivity contribution in [3.05, 3.63) is 11.9 Å². The number of anilines is 2. The molecular formula is C14H26N4O2. The second-order valence-electron chi connectivity index (χ2n) is 4.79. The van der Waals surface area contributed by atoms with Crippen molar-refractivity contribution >= 4 is 11.6 Å². The van der Waals surface area contributed by atoms with Crippen molar-refractivity contribution in [2.75, 3.05) is 30.9 Å². The van der Waals surface area contributed by atoms with Crippen molar-refractivity contribution in [3.63, 3.8) is 0 Å². The van der Waals surface area contributed by atoms with Crippen LogP contribution in [0.1, 0.15) is 39.4 Å². The lowest BCUT2D eigenvalue weighted by Crippen LogP contribution is -2.41. The first-order valence-corrected chi connectivity index (χ1v) is 7.12. The third-order valence-corrected chi connectivity index (χ3v) is 3.45. The molecule has 0 aromatic carbocycles. The number of aliphatic hydroxyl groups is 1. The highest BCUT2D eigenvalue weighted by Gasteiger charge is 2.25. The molecular weight excluding hydrogens is 256 g/mol. The number of hydrogen-bond acceptors (Lipinski definition) is 6. The molecule has 1 aromatic rings. The molecule has 0 saturated heterocycles. The van der Waals surface area contributed by atoms with Gasteiger partial charge in [-0.1, -0.05) is 13.8 Å². The molecule has 0 bridgehead atoms. The minimum Gasteiger partial charge on any atom is -0.394 e. The van der Waals surface area contributed by atoms with Gasteiger partial charge in [0, 0.05) is 19.7 Å². The van der Waals surface area contributed by atoms with Crippen LogP contribution in [0.25, 0.3) is 0 Å². The Morgan fingerprint density at radius 3 is 2.35 bits per heavy atom. The van der Waals surface area contributed by atoms with E-state index in [1.165, 1.54) is 0 Å². The summed E-state index contributed by atoms with van der Waals surface area (Å²) in [6.45, 7) is 7.33. The van der Waals surface area contributed by atoms with Gasteiger partial charge in [0.25, 0.3) is 0 Å². The third-order valence-electron chi connectivity index (χ3n) is 3.45. The summed E-state index contributed by atoms with van der Waals surface area (Å²) in [5, 5.41) is 16.2. The highest BCUT2D eigenvalue weighted by atomic mass is 16.5. The van der Waals surface area contributed by atoms with Gasteiger partial charge in [0.15, 0.2) is 5.82 Å². The first-order chi connectivity index (χ1) is 9.62. The molecule has 6 nitrogen and oxygen atoms in total. The van der Waals surface area contributed by atoms with Gasteiger partial charge >= 0.3 is 0 Å². The number of aromatic nitrogens is 2. The highest BCUT2D eigenvalue weighted by Crippen LogP contribution is 2.22. The molecule has 0 radical (unpaired) electrons. The summed E-state index contributed by atoms with van der Waals surface area (Å²) in [5.41, 5.74) is -0.345. The average molecular weight is 282 g/mol. The summed E-state index contributed by atoms with van der Waals surface area (Å²) in [6, 6.07) is 1.86. The molecule has 3 N–H and O–H groups in total. The number of nitrogens with zero attached hydrogens (tertiary/aromatic N) is 2. The van der Waals surface area contributed by atoms with Crippen LogP contribution < -0.4 is 10.6 Å². The van der Waals surface area contributed by atoms with E-state index in [1.54, 1.807) is 7.11 Å². The quantitative estimate of drug-likeness (QED) is 0.643. The van der Waals surface area contributed by atoms with E-state index in [0.717, 1.165) is 25.2 Å². The van der Waals surface area contributed by atoms with Gasteiger partial charge in [0.2, 0.25) is 0 Å². The Kier molecular flexibility index (Phi) is 6.67. The van der Waals surface area contributed by atoms with Crippen molar-refractivity contribution in [2.45, 2.75) is 45.8 Å². The number of aliphatic hydroxyl groups excluding tert-OH is 1. The van der Waals surface area contributed by atoms with Gasteiger partial charge in [-0.2, -0.15) is 0 Å². The van der Waals surface area contributed by atoms with Gasteiger partial charge in [0.1, 0.15) is 18.2 Å². The Morgan fingerprint density at radius 2 is 1.85 bits per heavy atom. The molecule has 0 unspecified atom stereocenters. The van der Waals surface area contributed by atoms with Gasteiger partial charge in [-0.3, -0.25) is 0 Å². The smallest absolute Gasteiger partial charge is 0.158 e. The molecule has 0 spiro atoms. The maximum Gasteiger partial charge on any atom is 0.158 e. The van der Waals surface area contributed by atoms with E-state index in [-0.39, 0.29) is 12.1 Å². The largest absolute Gasteiger partial charge is 0.394 e. The first-order valence-electron chi connectivity index (χ1n) is 7.12. The minimum absolute atomic E-state index is 0.0696. The maximum absolute atomic E-state index is 9.64. The van der Waals surface area contributed by atoms with Gasteiger partial charge in [-0.05, 0) is 19.8 Å². The molecule has 1 aromatic heterocycles. The zero-order valence-corrected chi connectivity index (χ0v) is 12.9. The molecule has 0 atom stereocenters. The molecule has 0 fully saturated rings. The van der Waals surface area contributed by atoms with Crippen molar-refractivity contribution in [2.24, 2.45) is 0 Å². The Bertz CT molecular complexity index is 376. The lowest BCUT2D eigenvalue weighted by atomic mass is 9.94. The minimum atomic E-state index is -0.345. The van der Waals surface area contributed by atoms with Crippen LogP contribution in [-0.2, 0) is 11.3 Å². The van der Waals surface area contributed by atoms with E-state index in [4.69, 9.17) is 4.74 Å². The lowest BCUT2D eigenvalue weighted by Gasteiger charge is -2.31. The van der Waals surface area contributed by atoms with Crippen molar-refractivity contribution in [3.8, 4) is 0 Å². The fraction of sp³-hybridized carbons (Fsp3) is 0.714. The monoisotopic (exact) mass is 282 g/mol. The zero-order valence-electron chi connectivity index (χ0n) is 12.9. The number of hydrogen-bond donors (Lipinski definition) is 3. The van der Waals surface area contributed by atoms with Crippen LogP contribution in [0.4, 0.5) is 11.6 Å². The summed E-state index contributed by atoms with van der Waals surface area (Å²) >= 11 is 0. The second-order valence-corrected chi connectivity index (χ2v) is 4.79. The summed E-state index contributed by atoms with van der Waals surface area (Å²) < 4.78 is 5.10. The Balaban J connectivity index is 3.02. The predicted octanol–water partition coefficient (Wildman–Crippen LogP) is 2.02. The SMILES string of the molecule is CCNc1cc(NC(CC)(CC)CO)nc(COC)n1. The Labute approximate surface area is 121 Å². The summed E-state index contributed by atoms with van der Waals surface area (Å²) in [7, 11) is 1.62. The highest BCUT2D eigenvalue weighted by molar-refractivity contribution is 5.49. The van der Waals surface area contributed by atoms with Crippen LogP contribution in [0, 0.1) is 0 Å². The number of rotatable bonds is 9. The number of ether oxygens (including phenoxy) is 1. The molecule has 0 aliphatic carbocycles. The number of nitrogens with one attached hydrogen (secondary N) is 2. The summed E-state index contributed by atoms with van der Waals surface area (Å²) in [4.78, 5) is 8.81. The van der Waals surface area contributed by atoms with E-state index < -0.39 is 0 Å². The predicted molar refractivity (Wildman–Crippen MR) is 80.9 cm³/mol. The van der Waals surface area contributed by atoms with E-state index in [0.29, 0.717) is 18.2 Å². The summed E-state index contributed by atoms with van der Waals surface area (Å²) in [6.07, 6.45) is 1.64. The van der Waals surface area contributed by atoms with Crippen LogP contribution in [0.2, 0.25) is 0 Å². The van der Waals surface area contributed by atoms with Gasteiger partial charge in [0.05, 0.1) is 12.1 Å². The van der Waals surface area contributed by atoms with Crippen molar-refractivity contribution < 1.29 is 9.84 Å². The maximum atomic E-state index is 9.64. The molecule has 0 aliphatic heterocycles. The molecule has 1 rings (SSSR count). The fourth-order valence-electron chi connectivity index (χ4n) is 1.99. The Hall–Kier alpha value is -1.40. The van der Waals surface area contributed by atoms with Gasteiger partial charge < -0.3 is 20.5 Å². The van der Waals surface area contributed by atoms with Crippen LogP contribution >= 0.6 is 0 Å². The second kappa shape index (κ2) is 8.01. The lowest BCUT2D eigenvalue weighted by molar-refractivity contribution is 0.177. The molecule has 1 heterocycles. The average Bonchev–Trinajstić information content (AvgIpc) is 2.45. The van der Waals surface area contributed by atoms with Crippen molar-refractivity contribution in [1.82, 2.24) is 9.97 Å². The zero-order chi connectivity index (χ0) is 15.0. The standard InChI is InChI=1S/C14H26N4O2/c1-5-14(6-2,10-19)18-12-8-11(15-7-3)16-13(17-12)9-20-4/h8,19H,5-7,9-10H2,1-4H3,(H2,15,16,17,18). The topological polar surface area (TPSA) is 79.3 Å². The molecule has 0 amide bonds.